The molecule has 2 nitrogen and oxygen atoms in total. The molecular formula is C14H22NO. The lowest BCUT2D eigenvalue weighted by Gasteiger charge is -2.32. The Hall–Kier alpha value is -0.860. The van der Waals surface area contributed by atoms with E-state index in [4.69, 9.17) is 4.84 Å². The van der Waals surface area contributed by atoms with Crippen molar-refractivity contribution >= 4 is 0 Å². The van der Waals surface area contributed by atoms with Gasteiger partial charge in [-0.2, -0.15) is 0 Å². The summed E-state index contributed by atoms with van der Waals surface area (Å²) >= 11 is 0. The molecule has 0 spiro atoms. The Morgan fingerprint density at radius 3 is 2.31 bits per heavy atom. The van der Waals surface area contributed by atoms with Gasteiger partial charge in [-0.05, 0) is 24.8 Å². The van der Waals surface area contributed by atoms with Crippen molar-refractivity contribution < 1.29 is 4.84 Å². The molecule has 0 aliphatic rings. The van der Waals surface area contributed by atoms with Crippen molar-refractivity contribution in [2.75, 3.05) is 6.54 Å². The minimum Gasteiger partial charge on any atom is -0.290 e. The van der Waals surface area contributed by atoms with Gasteiger partial charge in [-0.15, -0.1) is 0 Å². The maximum atomic E-state index is 5.86. The Labute approximate surface area is 99.0 Å². The van der Waals surface area contributed by atoms with Crippen LogP contribution in [0.1, 0.15) is 38.7 Å². The molecule has 0 fully saturated rings. The molecule has 0 aromatic heterocycles. The number of hydroxylamine groups is 1. The van der Waals surface area contributed by atoms with E-state index in [2.05, 4.69) is 50.5 Å². The van der Waals surface area contributed by atoms with Gasteiger partial charge in [0.1, 0.15) is 5.60 Å². The molecule has 89 valence electrons. The molecule has 1 aromatic carbocycles. The number of benzene rings is 1. The van der Waals surface area contributed by atoms with Crippen LogP contribution in [-0.2, 0) is 10.4 Å². The van der Waals surface area contributed by atoms with Crippen LogP contribution in [0.25, 0.3) is 0 Å². The molecule has 1 N–H and O–H groups in total. The standard InChI is InChI=1S/C14H22NO/c1-4-12-15-16-14(5-2,6-3)13-10-8-7-9-11-13/h7-11,15H,1,4-6,12H2,2-3H3. The van der Waals surface area contributed by atoms with E-state index < -0.39 is 0 Å². The van der Waals surface area contributed by atoms with Crippen molar-refractivity contribution in [3.8, 4) is 0 Å². The minimum atomic E-state index is -0.212. The van der Waals surface area contributed by atoms with E-state index in [9.17, 15) is 0 Å². The van der Waals surface area contributed by atoms with Crippen LogP contribution in [0.2, 0.25) is 0 Å². The van der Waals surface area contributed by atoms with E-state index in [1.807, 2.05) is 6.07 Å². The first-order chi connectivity index (χ1) is 7.79. The SMILES string of the molecule is [CH2]CCNOC(CC)(CC)c1ccccc1. The maximum absolute atomic E-state index is 5.86. The number of hydrogen-bond donors (Lipinski definition) is 1. The van der Waals surface area contributed by atoms with E-state index in [-0.39, 0.29) is 5.60 Å². The van der Waals surface area contributed by atoms with Crippen molar-refractivity contribution in [1.29, 1.82) is 0 Å². The Morgan fingerprint density at radius 1 is 1.19 bits per heavy atom. The van der Waals surface area contributed by atoms with Crippen molar-refractivity contribution in [1.82, 2.24) is 5.48 Å². The molecule has 1 radical (unpaired) electrons. The molecule has 0 bridgehead atoms. The van der Waals surface area contributed by atoms with Crippen LogP contribution in [0.15, 0.2) is 30.3 Å². The summed E-state index contributed by atoms with van der Waals surface area (Å²) in [6.45, 7) is 8.88. The zero-order valence-electron chi connectivity index (χ0n) is 10.3. The van der Waals surface area contributed by atoms with Gasteiger partial charge in [0.2, 0.25) is 0 Å². The zero-order valence-corrected chi connectivity index (χ0v) is 10.3. The molecule has 0 unspecified atom stereocenters. The van der Waals surface area contributed by atoms with Crippen LogP contribution >= 0.6 is 0 Å². The molecule has 0 atom stereocenters. The Balaban J connectivity index is 2.79. The van der Waals surface area contributed by atoms with Crippen molar-refractivity contribution in [3.05, 3.63) is 42.8 Å². The third kappa shape index (κ3) is 3.06. The predicted molar refractivity (Wildman–Crippen MR) is 67.8 cm³/mol. The molecular weight excluding hydrogens is 198 g/mol. The molecule has 0 aliphatic heterocycles. The van der Waals surface area contributed by atoms with Gasteiger partial charge >= 0.3 is 0 Å². The molecule has 1 aromatic rings. The second kappa shape index (κ2) is 6.66. The molecule has 1 rings (SSSR count). The first-order valence-electron chi connectivity index (χ1n) is 6.04. The topological polar surface area (TPSA) is 21.3 Å². The molecule has 0 amide bonds. The average molecular weight is 220 g/mol. The van der Waals surface area contributed by atoms with Crippen molar-refractivity contribution in [3.63, 3.8) is 0 Å². The smallest absolute Gasteiger partial charge is 0.114 e. The van der Waals surface area contributed by atoms with Gasteiger partial charge in [0, 0.05) is 6.54 Å². The molecule has 0 saturated heterocycles. The molecule has 0 heterocycles. The summed E-state index contributed by atoms with van der Waals surface area (Å²) in [5, 5.41) is 0. The second-order valence-corrected chi connectivity index (χ2v) is 3.92. The highest BCUT2D eigenvalue weighted by Crippen LogP contribution is 2.31. The van der Waals surface area contributed by atoms with Crippen LogP contribution in [0.4, 0.5) is 0 Å². The van der Waals surface area contributed by atoms with E-state index in [0.29, 0.717) is 0 Å². The van der Waals surface area contributed by atoms with Gasteiger partial charge < -0.3 is 0 Å². The van der Waals surface area contributed by atoms with Crippen molar-refractivity contribution in [2.24, 2.45) is 0 Å². The van der Waals surface area contributed by atoms with Gasteiger partial charge in [0.05, 0.1) is 0 Å². The summed E-state index contributed by atoms with van der Waals surface area (Å²) in [5.74, 6) is 0. The van der Waals surface area contributed by atoms with Gasteiger partial charge in [-0.3, -0.25) is 4.84 Å². The summed E-state index contributed by atoms with van der Waals surface area (Å²) in [6, 6.07) is 10.4. The molecule has 16 heavy (non-hydrogen) atoms. The lowest BCUT2D eigenvalue weighted by molar-refractivity contribution is -0.117. The monoisotopic (exact) mass is 220 g/mol. The molecule has 2 heteroatoms. The lowest BCUT2D eigenvalue weighted by atomic mass is 9.88. The third-order valence-corrected chi connectivity index (χ3v) is 2.99. The van der Waals surface area contributed by atoms with Crippen LogP contribution in [0.3, 0.4) is 0 Å². The lowest BCUT2D eigenvalue weighted by Crippen LogP contribution is -2.35. The van der Waals surface area contributed by atoms with Crippen molar-refractivity contribution in [2.45, 2.75) is 38.7 Å². The van der Waals surface area contributed by atoms with Gasteiger partial charge in [-0.25, -0.2) is 5.48 Å². The maximum Gasteiger partial charge on any atom is 0.114 e. The summed E-state index contributed by atoms with van der Waals surface area (Å²) < 4.78 is 0. The predicted octanol–water partition coefficient (Wildman–Crippen LogP) is 3.45. The van der Waals surface area contributed by atoms with Crippen LogP contribution in [0.5, 0.6) is 0 Å². The van der Waals surface area contributed by atoms with Gasteiger partial charge in [0.25, 0.3) is 0 Å². The minimum absolute atomic E-state index is 0.212. The second-order valence-electron chi connectivity index (χ2n) is 3.92. The fourth-order valence-corrected chi connectivity index (χ4v) is 1.86. The Morgan fingerprint density at radius 2 is 1.81 bits per heavy atom. The number of rotatable bonds is 7. The molecule has 0 saturated carbocycles. The highest BCUT2D eigenvalue weighted by Gasteiger charge is 2.29. The summed E-state index contributed by atoms with van der Waals surface area (Å²) in [7, 11) is 0. The Bertz CT molecular complexity index is 280. The molecule has 0 aliphatic carbocycles. The summed E-state index contributed by atoms with van der Waals surface area (Å²) in [4.78, 5) is 5.86. The Kier molecular flexibility index (Phi) is 5.50. The number of nitrogens with one attached hydrogen (secondary N) is 1. The fourth-order valence-electron chi connectivity index (χ4n) is 1.86. The van der Waals surface area contributed by atoms with E-state index in [0.717, 1.165) is 25.8 Å². The van der Waals surface area contributed by atoms with E-state index in [1.54, 1.807) is 0 Å². The van der Waals surface area contributed by atoms with E-state index >= 15 is 0 Å². The normalized spacial score (nSPS) is 11.7. The van der Waals surface area contributed by atoms with E-state index in [1.165, 1.54) is 5.56 Å². The average Bonchev–Trinajstić information content (AvgIpc) is 2.36. The fraction of sp³-hybridized carbons (Fsp3) is 0.500. The van der Waals surface area contributed by atoms with Crippen LogP contribution < -0.4 is 5.48 Å². The highest BCUT2D eigenvalue weighted by atomic mass is 16.7. The zero-order chi connectivity index (χ0) is 11.9. The first-order valence-corrected chi connectivity index (χ1v) is 6.04. The quantitative estimate of drug-likeness (QED) is 0.561. The highest BCUT2D eigenvalue weighted by molar-refractivity contribution is 5.22. The largest absolute Gasteiger partial charge is 0.290 e. The van der Waals surface area contributed by atoms with Crippen LogP contribution in [0, 0.1) is 6.92 Å². The summed E-state index contributed by atoms with van der Waals surface area (Å²) in [6.07, 6.45) is 2.74. The van der Waals surface area contributed by atoms with Gasteiger partial charge in [-0.1, -0.05) is 51.1 Å². The van der Waals surface area contributed by atoms with Gasteiger partial charge in [0.15, 0.2) is 0 Å². The summed E-state index contributed by atoms with van der Waals surface area (Å²) in [5.41, 5.74) is 4.03. The first kappa shape index (κ1) is 13.2. The third-order valence-electron chi connectivity index (χ3n) is 2.99. The van der Waals surface area contributed by atoms with Crippen LogP contribution in [-0.4, -0.2) is 6.54 Å². The number of hydrogen-bond acceptors (Lipinski definition) is 2.